The largest absolute Gasteiger partial charge is 0.350 e. The Bertz CT molecular complexity index is 822. The summed E-state index contributed by atoms with van der Waals surface area (Å²) in [5, 5.41) is 1.59. The van der Waals surface area contributed by atoms with Crippen LogP contribution in [0.25, 0.3) is 10.9 Å². The van der Waals surface area contributed by atoms with Crippen molar-refractivity contribution >= 4 is 44.2 Å². The smallest absolute Gasteiger partial charge is 0.195 e. The first kappa shape index (κ1) is 13.4. The normalized spacial score (nSPS) is 10.9. The number of benzene rings is 2. The number of hydrogen-bond acceptors (Lipinski definition) is 1. The Morgan fingerprint density at radius 2 is 2.00 bits per heavy atom. The summed E-state index contributed by atoms with van der Waals surface area (Å²) in [6.07, 6.45) is 1.85. The molecule has 3 aromatic rings. The van der Waals surface area contributed by atoms with Gasteiger partial charge in [-0.1, -0.05) is 45.7 Å². The summed E-state index contributed by atoms with van der Waals surface area (Å²) in [5.74, 6) is 0.0132. The van der Waals surface area contributed by atoms with Gasteiger partial charge in [0.15, 0.2) is 5.78 Å². The number of hydrogen-bond donors (Lipinski definition) is 0. The van der Waals surface area contributed by atoms with Gasteiger partial charge in [0.25, 0.3) is 0 Å². The van der Waals surface area contributed by atoms with E-state index in [1.165, 1.54) is 0 Å². The molecule has 0 aliphatic carbocycles. The van der Waals surface area contributed by atoms with Crippen molar-refractivity contribution in [3.63, 3.8) is 0 Å². The van der Waals surface area contributed by atoms with Crippen LogP contribution in [0.2, 0.25) is 5.02 Å². The zero-order valence-electron chi connectivity index (χ0n) is 10.7. The minimum absolute atomic E-state index is 0.0132. The molecular weight excluding hydrogens is 338 g/mol. The molecule has 100 valence electrons. The van der Waals surface area contributed by atoms with Crippen LogP contribution in [-0.4, -0.2) is 10.4 Å². The Hall–Kier alpha value is -1.58. The summed E-state index contributed by atoms with van der Waals surface area (Å²) in [4.78, 5) is 12.6. The quantitative estimate of drug-likeness (QED) is 0.608. The second-order valence-corrected chi connectivity index (χ2v) is 6.01. The van der Waals surface area contributed by atoms with Crippen LogP contribution in [0.3, 0.4) is 0 Å². The van der Waals surface area contributed by atoms with Crippen LogP contribution in [0, 0.1) is 0 Å². The van der Waals surface area contributed by atoms with E-state index < -0.39 is 0 Å². The maximum Gasteiger partial charge on any atom is 0.195 e. The van der Waals surface area contributed by atoms with Gasteiger partial charge in [-0.2, -0.15) is 0 Å². The van der Waals surface area contributed by atoms with Crippen molar-refractivity contribution in [1.82, 2.24) is 4.57 Å². The van der Waals surface area contributed by atoms with Gasteiger partial charge in [0.05, 0.1) is 0 Å². The van der Waals surface area contributed by atoms with E-state index in [-0.39, 0.29) is 5.78 Å². The molecule has 0 unspecified atom stereocenters. The second-order valence-electron chi connectivity index (χ2n) is 4.65. The van der Waals surface area contributed by atoms with Crippen molar-refractivity contribution in [2.75, 3.05) is 0 Å². The average molecular weight is 349 g/mol. The van der Waals surface area contributed by atoms with Crippen LogP contribution in [0.4, 0.5) is 0 Å². The van der Waals surface area contributed by atoms with Crippen molar-refractivity contribution in [3.05, 3.63) is 69.3 Å². The molecule has 0 aliphatic heterocycles. The third-order valence-electron chi connectivity index (χ3n) is 3.28. The van der Waals surface area contributed by atoms with Crippen LogP contribution >= 0.6 is 27.5 Å². The molecule has 2 aromatic carbocycles. The third kappa shape index (κ3) is 2.28. The molecule has 1 heterocycles. The van der Waals surface area contributed by atoms with Crippen LogP contribution in [0.1, 0.15) is 15.9 Å². The summed E-state index contributed by atoms with van der Waals surface area (Å²) in [6.45, 7) is 0. The molecule has 0 spiro atoms. The molecule has 0 atom stereocenters. The predicted molar refractivity (Wildman–Crippen MR) is 85.5 cm³/mol. The Balaban J connectivity index is 2.17. The molecule has 0 saturated carbocycles. The molecule has 2 nitrogen and oxygen atoms in total. The van der Waals surface area contributed by atoms with E-state index in [0.29, 0.717) is 16.1 Å². The highest BCUT2D eigenvalue weighted by atomic mass is 79.9. The molecule has 0 amide bonds. The molecule has 0 aliphatic rings. The van der Waals surface area contributed by atoms with Crippen molar-refractivity contribution in [2.24, 2.45) is 7.05 Å². The zero-order valence-corrected chi connectivity index (χ0v) is 13.1. The molecular formula is C16H11BrClNO. The first-order valence-electron chi connectivity index (χ1n) is 6.11. The number of fused-ring (bicyclic) bond motifs is 1. The second kappa shape index (κ2) is 5.08. The van der Waals surface area contributed by atoms with Crippen molar-refractivity contribution in [3.8, 4) is 0 Å². The van der Waals surface area contributed by atoms with E-state index in [4.69, 9.17) is 11.6 Å². The lowest BCUT2D eigenvalue weighted by atomic mass is 10.0. The fourth-order valence-electron chi connectivity index (χ4n) is 2.32. The van der Waals surface area contributed by atoms with Crippen LogP contribution in [0.5, 0.6) is 0 Å². The summed E-state index contributed by atoms with van der Waals surface area (Å²) in [7, 11) is 1.91. The first-order chi connectivity index (χ1) is 9.56. The highest BCUT2D eigenvalue weighted by Crippen LogP contribution is 2.26. The van der Waals surface area contributed by atoms with E-state index in [0.717, 1.165) is 15.4 Å². The number of rotatable bonds is 2. The number of nitrogens with zero attached hydrogens (tertiary/aromatic N) is 1. The van der Waals surface area contributed by atoms with Crippen LogP contribution < -0.4 is 0 Å². The minimum Gasteiger partial charge on any atom is -0.350 e. The molecule has 0 radical (unpaired) electrons. The number of aromatic nitrogens is 1. The standard InChI is InChI=1S/C16H11BrClNO/c1-19-9-14(13-6-5-12(18)8-15(13)19)16(20)10-3-2-4-11(17)7-10/h2-9H,1H3. The monoisotopic (exact) mass is 347 g/mol. The van der Waals surface area contributed by atoms with Gasteiger partial charge in [-0.25, -0.2) is 0 Å². The van der Waals surface area contributed by atoms with Gasteiger partial charge in [-0.15, -0.1) is 0 Å². The van der Waals surface area contributed by atoms with Crippen molar-refractivity contribution in [2.45, 2.75) is 0 Å². The van der Waals surface area contributed by atoms with Crippen LogP contribution in [0.15, 0.2) is 53.1 Å². The lowest BCUT2D eigenvalue weighted by Gasteiger charge is -2.00. The maximum atomic E-state index is 12.6. The molecule has 3 rings (SSSR count). The molecule has 4 heteroatoms. The van der Waals surface area contributed by atoms with E-state index in [1.807, 2.05) is 60.3 Å². The molecule has 0 bridgehead atoms. The first-order valence-corrected chi connectivity index (χ1v) is 7.28. The highest BCUT2D eigenvalue weighted by Gasteiger charge is 2.16. The van der Waals surface area contributed by atoms with Gasteiger partial charge in [-0.3, -0.25) is 4.79 Å². The number of carbonyl (C=O) groups is 1. The fourth-order valence-corrected chi connectivity index (χ4v) is 2.89. The lowest BCUT2D eigenvalue weighted by Crippen LogP contribution is -2.00. The van der Waals surface area contributed by atoms with E-state index in [2.05, 4.69) is 15.9 Å². The van der Waals surface area contributed by atoms with Gasteiger partial charge in [0.2, 0.25) is 0 Å². The number of ketones is 1. The molecule has 0 fully saturated rings. The summed E-state index contributed by atoms with van der Waals surface area (Å²) < 4.78 is 2.82. The van der Waals surface area contributed by atoms with Gasteiger partial charge < -0.3 is 4.57 Å². The van der Waals surface area contributed by atoms with Crippen molar-refractivity contribution in [1.29, 1.82) is 0 Å². The zero-order chi connectivity index (χ0) is 14.3. The Morgan fingerprint density at radius 1 is 1.20 bits per heavy atom. The predicted octanol–water partition coefficient (Wildman–Crippen LogP) is 4.83. The molecule has 0 saturated heterocycles. The Kier molecular flexibility index (Phi) is 3.40. The minimum atomic E-state index is 0.0132. The van der Waals surface area contributed by atoms with E-state index in [1.54, 1.807) is 0 Å². The number of aryl methyl sites for hydroxylation is 1. The lowest BCUT2D eigenvalue weighted by molar-refractivity contribution is 0.104. The maximum absolute atomic E-state index is 12.6. The Morgan fingerprint density at radius 3 is 2.75 bits per heavy atom. The average Bonchev–Trinajstić information content (AvgIpc) is 2.75. The van der Waals surface area contributed by atoms with Gasteiger partial charge in [-0.05, 0) is 24.3 Å². The van der Waals surface area contributed by atoms with E-state index in [9.17, 15) is 4.79 Å². The number of halogens is 2. The van der Waals surface area contributed by atoms with Gasteiger partial charge in [0.1, 0.15) is 0 Å². The summed E-state index contributed by atoms with van der Waals surface area (Å²) in [5.41, 5.74) is 2.31. The van der Waals surface area contributed by atoms with E-state index >= 15 is 0 Å². The third-order valence-corrected chi connectivity index (χ3v) is 4.01. The fraction of sp³-hybridized carbons (Fsp3) is 0.0625. The molecule has 0 N–H and O–H groups in total. The number of carbonyl (C=O) groups excluding carboxylic acids is 1. The van der Waals surface area contributed by atoms with Gasteiger partial charge in [0, 0.05) is 44.8 Å². The Labute approximate surface area is 130 Å². The molecule has 20 heavy (non-hydrogen) atoms. The topological polar surface area (TPSA) is 22.0 Å². The van der Waals surface area contributed by atoms with Crippen LogP contribution in [-0.2, 0) is 7.05 Å². The molecule has 1 aromatic heterocycles. The van der Waals surface area contributed by atoms with Crippen molar-refractivity contribution < 1.29 is 4.79 Å². The SMILES string of the molecule is Cn1cc(C(=O)c2cccc(Br)c2)c2ccc(Cl)cc21. The van der Waals surface area contributed by atoms with Gasteiger partial charge >= 0.3 is 0 Å². The highest BCUT2D eigenvalue weighted by molar-refractivity contribution is 9.10. The summed E-state index contributed by atoms with van der Waals surface area (Å²) in [6, 6.07) is 13.0. The summed E-state index contributed by atoms with van der Waals surface area (Å²) >= 11 is 9.41.